The van der Waals surface area contributed by atoms with Crippen LogP contribution in [0.3, 0.4) is 0 Å². The Morgan fingerprint density at radius 1 is 1.12 bits per heavy atom. The van der Waals surface area contributed by atoms with Crippen molar-refractivity contribution in [2.24, 2.45) is 5.41 Å². The fraction of sp³-hybridized carbons (Fsp3) is 0.600. The third-order valence-corrected chi connectivity index (χ3v) is 3.68. The Morgan fingerprint density at radius 3 is 2.35 bits per heavy atom. The van der Waals surface area contributed by atoms with E-state index in [-0.39, 0.29) is 10.8 Å². The van der Waals surface area contributed by atoms with Crippen LogP contribution in [0.2, 0.25) is 0 Å². The Hall–Kier alpha value is -0.690. The predicted molar refractivity (Wildman–Crippen MR) is 74.9 cm³/mol. The maximum atomic E-state index is 6.31. The smallest absolute Gasteiger partial charge is 0.119 e. The topological polar surface area (TPSA) is 9.23 Å². The number of halogens is 1. The summed E-state index contributed by atoms with van der Waals surface area (Å²) in [5.74, 6) is 0.950. The number of unbranched alkanes of at least 4 members (excludes halogenated alkanes) is 1. The van der Waals surface area contributed by atoms with Crippen molar-refractivity contribution in [3.8, 4) is 5.75 Å². The number of rotatable bonds is 6. The average molecular weight is 255 g/mol. The summed E-state index contributed by atoms with van der Waals surface area (Å²) in [5, 5.41) is 0.249. The molecular weight excluding hydrogens is 232 g/mol. The van der Waals surface area contributed by atoms with E-state index in [9.17, 15) is 0 Å². The van der Waals surface area contributed by atoms with Crippen molar-refractivity contribution in [3.63, 3.8) is 0 Å². The quantitative estimate of drug-likeness (QED) is 0.519. The Labute approximate surface area is 110 Å². The molecule has 1 unspecified atom stereocenters. The highest BCUT2D eigenvalue weighted by Gasteiger charge is 2.21. The molecule has 0 bridgehead atoms. The highest BCUT2D eigenvalue weighted by atomic mass is 35.5. The van der Waals surface area contributed by atoms with Gasteiger partial charge in [0.2, 0.25) is 0 Å². The number of benzene rings is 1. The van der Waals surface area contributed by atoms with Crippen LogP contribution < -0.4 is 4.74 Å². The molecular formula is C15H23ClO. The highest BCUT2D eigenvalue weighted by molar-refractivity contribution is 6.21. The third-order valence-electron chi connectivity index (χ3n) is 2.80. The predicted octanol–water partition coefficient (Wildman–Crippen LogP) is 4.89. The zero-order valence-corrected chi connectivity index (χ0v) is 11.8. The average Bonchev–Trinajstić information content (AvgIpc) is 2.28. The molecule has 1 rings (SSSR count). The van der Waals surface area contributed by atoms with Gasteiger partial charge < -0.3 is 4.74 Å². The Morgan fingerprint density at radius 2 is 1.76 bits per heavy atom. The van der Waals surface area contributed by atoms with Crippen LogP contribution in [0.25, 0.3) is 0 Å². The molecule has 1 aromatic carbocycles. The summed E-state index contributed by atoms with van der Waals surface area (Å²) >= 11 is 6.31. The van der Waals surface area contributed by atoms with E-state index in [2.05, 4.69) is 20.8 Å². The molecule has 1 aromatic rings. The third kappa shape index (κ3) is 5.97. The van der Waals surface area contributed by atoms with Crippen molar-refractivity contribution < 1.29 is 4.74 Å². The van der Waals surface area contributed by atoms with Gasteiger partial charge in [-0.15, -0.1) is 11.6 Å². The lowest BCUT2D eigenvalue weighted by molar-refractivity contribution is 0.296. The monoisotopic (exact) mass is 254 g/mol. The van der Waals surface area contributed by atoms with Crippen LogP contribution in [-0.4, -0.2) is 12.0 Å². The van der Waals surface area contributed by atoms with E-state index in [0.29, 0.717) is 0 Å². The molecule has 0 fully saturated rings. The van der Waals surface area contributed by atoms with Gasteiger partial charge in [-0.3, -0.25) is 0 Å². The number of alkyl halides is 1. The van der Waals surface area contributed by atoms with Crippen molar-refractivity contribution in [1.29, 1.82) is 0 Å². The van der Waals surface area contributed by atoms with Crippen LogP contribution in [0.5, 0.6) is 5.75 Å². The Balaban J connectivity index is 2.09. The van der Waals surface area contributed by atoms with E-state index >= 15 is 0 Å². The summed E-state index contributed by atoms with van der Waals surface area (Å²) in [5.41, 5.74) is 0.196. The van der Waals surface area contributed by atoms with E-state index in [1.165, 1.54) is 0 Å². The van der Waals surface area contributed by atoms with Crippen molar-refractivity contribution in [2.45, 2.75) is 45.4 Å². The minimum atomic E-state index is 0.196. The first-order valence-corrected chi connectivity index (χ1v) is 6.76. The van der Waals surface area contributed by atoms with E-state index in [4.69, 9.17) is 16.3 Å². The molecule has 0 aliphatic heterocycles. The molecule has 0 heterocycles. The Bertz CT molecular complexity index is 302. The van der Waals surface area contributed by atoms with Crippen LogP contribution in [0.1, 0.15) is 40.0 Å². The summed E-state index contributed by atoms with van der Waals surface area (Å²) in [6.07, 6.45) is 3.25. The second kappa shape index (κ2) is 6.90. The zero-order valence-electron chi connectivity index (χ0n) is 11.1. The van der Waals surface area contributed by atoms with Crippen LogP contribution in [-0.2, 0) is 0 Å². The fourth-order valence-corrected chi connectivity index (χ4v) is 1.72. The first kappa shape index (κ1) is 14.4. The molecule has 1 atom stereocenters. The van der Waals surface area contributed by atoms with Crippen LogP contribution in [0.4, 0.5) is 0 Å². The summed E-state index contributed by atoms with van der Waals surface area (Å²) in [6, 6.07) is 9.95. The molecule has 0 spiro atoms. The van der Waals surface area contributed by atoms with Gasteiger partial charge in [0.15, 0.2) is 0 Å². The van der Waals surface area contributed by atoms with Crippen LogP contribution in [0, 0.1) is 5.41 Å². The van der Waals surface area contributed by atoms with Crippen molar-refractivity contribution in [1.82, 2.24) is 0 Å². The molecule has 0 saturated carbocycles. The fourth-order valence-electron chi connectivity index (χ4n) is 1.57. The number of para-hydroxylation sites is 1. The first-order chi connectivity index (χ1) is 8.00. The van der Waals surface area contributed by atoms with Gasteiger partial charge in [-0.25, -0.2) is 0 Å². The maximum Gasteiger partial charge on any atom is 0.119 e. The van der Waals surface area contributed by atoms with E-state index in [1.54, 1.807) is 0 Å². The van der Waals surface area contributed by atoms with Gasteiger partial charge in [-0.1, -0.05) is 39.0 Å². The summed E-state index contributed by atoms with van der Waals surface area (Å²) < 4.78 is 5.63. The molecule has 0 N–H and O–H groups in total. The zero-order chi connectivity index (χ0) is 12.7. The largest absolute Gasteiger partial charge is 0.494 e. The molecule has 2 heteroatoms. The van der Waals surface area contributed by atoms with E-state index in [1.807, 2.05) is 30.3 Å². The summed E-state index contributed by atoms with van der Waals surface area (Å²) in [6.45, 7) is 7.33. The lowest BCUT2D eigenvalue weighted by Crippen LogP contribution is -2.20. The highest BCUT2D eigenvalue weighted by Crippen LogP contribution is 2.28. The van der Waals surface area contributed by atoms with Crippen molar-refractivity contribution in [3.05, 3.63) is 30.3 Å². The second-order valence-corrected chi connectivity index (χ2v) is 6.02. The minimum Gasteiger partial charge on any atom is -0.494 e. The SMILES string of the molecule is CC(C)(C)C(Cl)CCCCOc1ccccc1. The molecule has 0 radical (unpaired) electrons. The van der Waals surface area contributed by atoms with Gasteiger partial charge in [0, 0.05) is 5.38 Å². The normalized spacial score (nSPS) is 13.4. The van der Waals surface area contributed by atoms with Gasteiger partial charge in [-0.2, -0.15) is 0 Å². The molecule has 0 saturated heterocycles. The van der Waals surface area contributed by atoms with Crippen LogP contribution in [0.15, 0.2) is 30.3 Å². The number of hydrogen-bond acceptors (Lipinski definition) is 1. The molecule has 0 aliphatic carbocycles. The molecule has 1 nitrogen and oxygen atoms in total. The molecule has 96 valence electrons. The number of hydrogen-bond donors (Lipinski definition) is 0. The maximum absolute atomic E-state index is 6.31. The first-order valence-electron chi connectivity index (χ1n) is 6.32. The van der Waals surface area contributed by atoms with Gasteiger partial charge in [-0.05, 0) is 36.8 Å². The van der Waals surface area contributed by atoms with E-state index in [0.717, 1.165) is 31.6 Å². The lowest BCUT2D eigenvalue weighted by Gasteiger charge is -2.24. The standard InChI is InChI=1S/C15H23ClO/c1-15(2,3)14(16)11-7-8-12-17-13-9-5-4-6-10-13/h4-6,9-10,14H,7-8,11-12H2,1-3H3. The van der Waals surface area contributed by atoms with E-state index < -0.39 is 0 Å². The Kier molecular flexibility index (Phi) is 5.84. The van der Waals surface area contributed by atoms with Gasteiger partial charge in [0.25, 0.3) is 0 Å². The second-order valence-electron chi connectivity index (χ2n) is 5.49. The van der Waals surface area contributed by atoms with Gasteiger partial charge in [0.05, 0.1) is 6.61 Å². The van der Waals surface area contributed by atoms with Gasteiger partial charge in [0.1, 0.15) is 5.75 Å². The van der Waals surface area contributed by atoms with Crippen molar-refractivity contribution in [2.75, 3.05) is 6.61 Å². The van der Waals surface area contributed by atoms with Crippen LogP contribution >= 0.6 is 11.6 Å². The molecule has 0 aromatic heterocycles. The summed E-state index contributed by atoms with van der Waals surface area (Å²) in [7, 11) is 0. The lowest BCUT2D eigenvalue weighted by atomic mass is 9.89. The van der Waals surface area contributed by atoms with Crippen molar-refractivity contribution >= 4 is 11.6 Å². The molecule has 17 heavy (non-hydrogen) atoms. The summed E-state index contributed by atoms with van der Waals surface area (Å²) in [4.78, 5) is 0. The van der Waals surface area contributed by atoms with Gasteiger partial charge >= 0.3 is 0 Å². The minimum absolute atomic E-state index is 0.196. The molecule has 0 aliphatic rings. The number of ether oxygens (including phenoxy) is 1. The molecule has 0 amide bonds.